The van der Waals surface area contributed by atoms with Gasteiger partial charge in [-0.05, 0) is 12.0 Å². The Balaban J connectivity index is 2.52. The van der Waals surface area contributed by atoms with Crippen LogP contribution in [0.1, 0.15) is 13.8 Å². The summed E-state index contributed by atoms with van der Waals surface area (Å²) >= 11 is 1.64. The maximum absolute atomic E-state index is 5.50. The molecule has 1 heterocycles. The number of hydrogen-bond donors (Lipinski definition) is 1. The summed E-state index contributed by atoms with van der Waals surface area (Å²) in [4.78, 5) is 8.16. The average Bonchev–Trinajstić information content (AvgIpc) is 2.01. The summed E-state index contributed by atoms with van der Waals surface area (Å²) in [7, 11) is 0. The SMILES string of the molecule is CC(C)CSc1nccc(N)n1. The number of hydrogen-bond acceptors (Lipinski definition) is 4. The Morgan fingerprint density at radius 2 is 2.33 bits per heavy atom. The summed E-state index contributed by atoms with van der Waals surface area (Å²) in [5, 5.41) is 0.767. The van der Waals surface area contributed by atoms with Crippen LogP contribution in [0.3, 0.4) is 0 Å². The van der Waals surface area contributed by atoms with Gasteiger partial charge in [0, 0.05) is 11.9 Å². The average molecular weight is 183 g/mol. The van der Waals surface area contributed by atoms with Crippen LogP contribution in [-0.2, 0) is 0 Å². The summed E-state index contributed by atoms with van der Waals surface area (Å²) in [5.74, 6) is 2.22. The largest absolute Gasteiger partial charge is 0.384 e. The molecule has 0 aliphatic carbocycles. The fourth-order valence-electron chi connectivity index (χ4n) is 0.665. The van der Waals surface area contributed by atoms with E-state index >= 15 is 0 Å². The molecule has 1 aromatic heterocycles. The molecule has 0 amide bonds. The zero-order valence-electron chi connectivity index (χ0n) is 7.32. The van der Waals surface area contributed by atoms with Crippen molar-refractivity contribution < 1.29 is 0 Å². The van der Waals surface area contributed by atoms with Crippen molar-refractivity contribution in [3.8, 4) is 0 Å². The number of rotatable bonds is 3. The molecule has 0 radical (unpaired) electrons. The van der Waals surface area contributed by atoms with Crippen LogP contribution < -0.4 is 5.73 Å². The van der Waals surface area contributed by atoms with Crippen LogP contribution >= 0.6 is 11.8 Å². The van der Waals surface area contributed by atoms with E-state index in [9.17, 15) is 0 Å². The van der Waals surface area contributed by atoms with Gasteiger partial charge in [0.25, 0.3) is 0 Å². The third-order valence-electron chi connectivity index (χ3n) is 1.20. The highest BCUT2D eigenvalue weighted by Crippen LogP contribution is 2.16. The molecule has 0 aromatic carbocycles. The van der Waals surface area contributed by atoms with Gasteiger partial charge in [0.15, 0.2) is 5.16 Å². The van der Waals surface area contributed by atoms with E-state index in [0.717, 1.165) is 10.9 Å². The Morgan fingerprint density at radius 1 is 1.58 bits per heavy atom. The first-order valence-electron chi connectivity index (χ1n) is 3.90. The molecule has 0 aliphatic rings. The summed E-state index contributed by atoms with van der Waals surface area (Å²) in [5.41, 5.74) is 5.50. The predicted octanol–water partition coefficient (Wildman–Crippen LogP) is 1.81. The molecule has 1 rings (SSSR count). The lowest BCUT2D eigenvalue weighted by molar-refractivity contribution is 0.748. The van der Waals surface area contributed by atoms with Gasteiger partial charge in [0.1, 0.15) is 5.82 Å². The second-order valence-corrected chi connectivity index (χ2v) is 3.96. The highest BCUT2D eigenvalue weighted by atomic mass is 32.2. The Bertz CT molecular complexity index is 250. The number of nitrogens with zero attached hydrogens (tertiary/aromatic N) is 2. The highest BCUT2D eigenvalue weighted by Gasteiger charge is 1.99. The van der Waals surface area contributed by atoms with Crippen LogP contribution in [0.2, 0.25) is 0 Å². The van der Waals surface area contributed by atoms with Gasteiger partial charge in [-0.3, -0.25) is 0 Å². The molecular formula is C8H13N3S. The fourth-order valence-corrected chi connectivity index (χ4v) is 1.45. The number of nitrogen functional groups attached to an aromatic ring is 1. The van der Waals surface area contributed by atoms with E-state index in [1.807, 2.05) is 0 Å². The van der Waals surface area contributed by atoms with Crippen LogP contribution in [0.25, 0.3) is 0 Å². The van der Waals surface area contributed by atoms with Crippen LogP contribution in [0.15, 0.2) is 17.4 Å². The van der Waals surface area contributed by atoms with Crippen LogP contribution in [-0.4, -0.2) is 15.7 Å². The molecule has 0 spiro atoms. The van der Waals surface area contributed by atoms with E-state index in [-0.39, 0.29) is 0 Å². The Labute approximate surface area is 76.8 Å². The van der Waals surface area contributed by atoms with Crippen molar-refractivity contribution >= 4 is 17.6 Å². The molecule has 0 unspecified atom stereocenters. The first kappa shape index (κ1) is 9.32. The van der Waals surface area contributed by atoms with Gasteiger partial charge in [0.2, 0.25) is 0 Å². The maximum Gasteiger partial charge on any atom is 0.189 e. The topological polar surface area (TPSA) is 51.8 Å². The molecule has 1 aromatic rings. The molecule has 66 valence electrons. The van der Waals surface area contributed by atoms with Crippen molar-refractivity contribution in [2.24, 2.45) is 5.92 Å². The molecule has 3 nitrogen and oxygen atoms in total. The van der Waals surface area contributed by atoms with Crippen molar-refractivity contribution in [2.75, 3.05) is 11.5 Å². The van der Waals surface area contributed by atoms with Gasteiger partial charge in [-0.25, -0.2) is 9.97 Å². The summed E-state index contributed by atoms with van der Waals surface area (Å²) in [6.07, 6.45) is 1.69. The van der Waals surface area contributed by atoms with Crippen LogP contribution in [0, 0.1) is 5.92 Å². The Kier molecular flexibility index (Phi) is 3.34. The molecule has 0 fully saturated rings. The van der Waals surface area contributed by atoms with Crippen molar-refractivity contribution in [3.05, 3.63) is 12.3 Å². The molecule has 0 atom stereocenters. The second-order valence-electron chi connectivity index (χ2n) is 2.97. The minimum Gasteiger partial charge on any atom is -0.384 e. The third kappa shape index (κ3) is 3.09. The summed E-state index contributed by atoms with van der Waals surface area (Å²) < 4.78 is 0. The molecule has 12 heavy (non-hydrogen) atoms. The standard InChI is InChI=1S/C8H13N3S/c1-6(2)5-12-8-10-4-3-7(9)11-8/h3-4,6H,5H2,1-2H3,(H2,9,10,11). The lowest BCUT2D eigenvalue weighted by Crippen LogP contribution is -1.96. The fraction of sp³-hybridized carbons (Fsp3) is 0.500. The first-order valence-corrected chi connectivity index (χ1v) is 4.88. The Morgan fingerprint density at radius 3 is 2.92 bits per heavy atom. The van der Waals surface area contributed by atoms with E-state index < -0.39 is 0 Å². The first-order chi connectivity index (χ1) is 5.68. The molecule has 0 saturated carbocycles. The van der Waals surface area contributed by atoms with E-state index in [2.05, 4.69) is 23.8 Å². The zero-order chi connectivity index (χ0) is 8.97. The second kappa shape index (κ2) is 4.30. The molecule has 2 N–H and O–H groups in total. The lowest BCUT2D eigenvalue weighted by Gasteiger charge is -2.02. The van der Waals surface area contributed by atoms with E-state index in [4.69, 9.17) is 5.73 Å². The molecule has 0 saturated heterocycles. The Hall–Kier alpha value is -0.770. The minimum absolute atomic E-state index is 0.538. The summed E-state index contributed by atoms with van der Waals surface area (Å²) in [6, 6.07) is 1.69. The minimum atomic E-state index is 0.538. The smallest absolute Gasteiger partial charge is 0.189 e. The lowest BCUT2D eigenvalue weighted by atomic mass is 10.3. The number of anilines is 1. The van der Waals surface area contributed by atoms with Crippen molar-refractivity contribution in [1.29, 1.82) is 0 Å². The van der Waals surface area contributed by atoms with E-state index in [1.165, 1.54) is 0 Å². The normalized spacial score (nSPS) is 10.6. The molecular weight excluding hydrogens is 170 g/mol. The number of thioether (sulfide) groups is 1. The van der Waals surface area contributed by atoms with E-state index in [0.29, 0.717) is 11.7 Å². The van der Waals surface area contributed by atoms with Crippen molar-refractivity contribution in [2.45, 2.75) is 19.0 Å². The predicted molar refractivity (Wildman–Crippen MR) is 52.0 cm³/mol. The van der Waals surface area contributed by atoms with Crippen molar-refractivity contribution in [1.82, 2.24) is 9.97 Å². The van der Waals surface area contributed by atoms with Gasteiger partial charge < -0.3 is 5.73 Å². The van der Waals surface area contributed by atoms with Crippen LogP contribution in [0.5, 0.6) is 0 Å². The quantitative estimate of drug-likeness (QED) is 0.573. The molecule has 0 aliphatic heterocycles. The third-order valence-corrected chi connectivity index (χ3v) is 2.49. The van der Waals surface area contributed by atoms with E-state index in [1.54, 1.807) is 24.0 Å². The van der Waals surface area contributed by atoms with Gasteiger partial charge >= 0.3 is 0 Å². The number of aromatic nitrogens is 2. The molecule has 0 bridgehead atoms. The zero-order valence-corrected chi connectivity index (χ0v) is 8.14. The monoisotopic (exact) mass is 183 g/mol. The van der Waals surface area contributed by atoms with Crippen LogP contribution in [0.4, 0.5) is 5.82 Å². The number of nitrogens with two attached hydrogens (primary N) is 1. The van der Waals surface area contributed by atoms with Crippen molar-refractivity contribution in [3.63, 3.8) is 0 Å². The van der Waals surface area contributed by atoms with Gasteiger partial charge in [-0.15, -0.1) is 0 Å². The maximum atomic E-state index is 5.50. The molecule has 4 heteroatoms. The summed E-state index contributed by atoms with van der Waals surface area (Å²) in [6.45, 7) is 4.33. The van der Waals surface area contributed by atoms with Gasteiger partial charge in [-0.2, -0.15) is 0 Å². The van der Waals surface area contributed by atoms with Gasteiger partial charge in [-0.1, -0.05) is 25.6 Å². The van der Waals surface area contributed by atoms with Gasteiger partial charge in [0.05, 0.1) is 0 Å². The highest BCUT2D eigenvalue weighted by molar-refractivity contribution is 7.99.